The zero-order valence-electron chi connectivity index (χ0n) is 21.3. The number of carbonyl (C=O) groups excluding carboxylic acids is 2. The lowest BCUT2D eigenvalue weighted by molar-refractivity contribution is -0.117. The van der Waals surface area contributed by atoms with E-state index in [9.17, 15) is 14.4 Å². The molecule has 3 aromatic heterocycles. The minimum absolute atomic E-state index is 0.0125. The predicted molar refractivity (Wildman–Crippen MR) is 137 cm³/mol. The number of methoxy groups -OCH3 is 2. The zero-order valence-corrected chi connectivity index (χ0v) is 21.3. The molecule has 4 rings (SSSR count). The van der Waals surface area contributed by atoms with E-state index in [0.717, 1.165) is 0 Å². The molecule has 0 bridgehead atoms. The van der Waals surface area contributed by atoms with Crippen LogP contribution in [0.2, 0.25) is 0 Å². The molecule has 0 saturated heterocycles. The Morgan fingerprint density at radius 2 is 1.81 bits per heavy atom. The molecule has 3 heterocycles. The molecule has 10 heteroatoms. The highest BCUT2D eigenvalue weighted by Crippen LogP contribution is 2.27. The standard InChI is InChI=1S/C27H28N4O6/c1-6-37-27(34)19-15-18-24(28-22-9-7-8-12-30(22)26(18)33)31(16(2)3)25(19)29-23(32)14-17-10-11-20(35-4)21(13-17)36-5/h7-13,15-16H,6,14H2,1-5H3. The van der Waals surface area contributed by atoms with Gasteiger partial charge in [-0.15, -0.1) is 0 Å². The largest absolute Gasteiger partial charge is 0.493 e. The molecule has 4 aromatic rings. The number of pyridine rings is 2. The normalized spacial score (nSPS) is 11.8. The second-order valence-electron chi connectivity index (χ2n) is 8.52. The monoisotopic (exact) mass is 504 g/mol. The van der Waals surface area contributed by atoms with E-state index >= 15 is 0 Å². The SMILES string of the molecule is CCOC(=O)c1cc2c(=O)n3ccccc3nc2n(C(C)C)c1=NC(=O)Cc1ccc(OC)c(OC)c1. The predicted octanol–water partition coefficient (Wildman–Crippen LogP) is 3.09. The van der Waals surface area contributed by atoms with E-state index < -0.39 is 11.9 Å². The molecule has 10 nitrogen and oxygen atoms in total. The maximum atomic E-state index is 13.3. The van der Waals surface area contributed by atoms with Crippen LogP contribution in [0.25, 0.3) is 16.7 Å². The Kier molecular flexibility index (Phi) is 7.37. The van der Waals surface area contributed by atoms with Crippen molar-refractivity contribution in [2.24, 2.45) is 4.99 Å². The average Bonchev–Trinajstić information content (AvgIpc) is 2.88. The Balaban J connectivity index is 1.97. The van der Waals surface area contributed by atoms with Crippen molar-refractivity contribution in [3.05, 3.63) is 75.6 Å². The van der Waals surface area contributed by atoms with Gasteiger partial charge in [-0.05, 0) is 56.7 Å². The Bertz CT molecular complexity index is 1630. The van der Waals surface area contributed by atoms with E-state index in [4.69, 9.17) is 14.2 Å². The molecule has 0 unspecified atom stereocenters. The molecule has 37 heavy (non-hydrogen) atoms. The first-order chi connectivity index (χ1) is 17.8. The fourth-order valence-corrected chi connectivity index (χ4v) is 4.13. The lowest BCUT2D eigenvalue weighted by Crippen LogP contribution is -2.33. The van der Waals surface area contributed by atoms with Gasteiger partial charge >= 0.3 is 5.97 Å². The van der Waals surface area contributed by atoms with E-state index in [1.165, 1.54) is 24.7 Å². The summed E-state index contributed by atoms with van der Waals surface area (Å²) in [5, 5.41) is 0.215. The smallest absolute Gasteiger partial charge is 0.341 e. The highest BCUT2D eigenvalue weighted by atomic mass is 16.5. The van der Waals surface area contributed by atoms with E-state index in [2.05, 4.69) is 9.98 Å². The molecule has 0 saturated carbocycles. The summed E-state index contributed by atoms with van der Waals surface area (Å²) in [6.45, 7) is 5.52. The van der Waals surface area contributed by atoms with E-state index in [1.807, 2.05) is 13.8 Å². The summed E-state index contributed by atoms with van der Waals surface area (Å²) < 4.78 is 18.9. The molecular formula is C27H28N4O6. The van der Waals surface area contributed by atoms with Gasteiger partial charge in [-0.25, -0.2) is 9.78 Å². The first-order valence-electron chi connectivity index (χ1n) is 11.8. The molecule has 192 valence electrons. The number of esters is 1. The van der Waals surface area contributed by atoms with Crippen LogP contribution in [-0.2, 0) is 16.0 Å². The van der Waals surface area contributed by atoms with E-state index in [0.29, 0.717) is 28.4 Å². The summed E-state index contributed by atoms with van der Waals surface area (Å²) >= 11 is 0. The molecule has 0 aliphatic rings. The van der Waals surface area contributed by atoms with Gasteiger partial charge in [-0.3, -0.25) is 14.0 Å². The number of carbonyl (C=O) groups is 2. The average molecular weight is 505 g/mol. The number of ether oxygens (including phenoxy) is 3. The molecule has 0 spiro atoms. The number of fused-ring (bicyclic) bond motifs is 2. The van der Waals surface area contributed by atoms with Crippen molar-refractivity contribution in [3.8, 4) is 11.5 Å². The quantitative estimate of drug-likeness (QED) is 0.281. The van der Waals surface area contributed by atoms with Crippen molar-refractivity contribution in [1.29, 1.82) is 0 Å². The van der Waals surface area contributed by atoms with Crippen molar-refractivity contribution < 1.29 is 23.8 Å². The Morgan fingerprint density at radius 1 is 1.05 bits per heavy atom. The van der Waals surface area contributed by atoms with Gasteiger partial charge in [-0.1, -0.05) is 12.1 Å². The fourth-order valence-electron chi connectivity index (χ4n) is 4.13. The van der Waals surface area contributed by atoms with Gasteiger partial charge in [0, 0.05) is 12.2 Å². The van der Waals surface area contributed by atoms with Crippen molar-refractivity contribution in [2.45, 2.75) is 33.2 Å². The van der Waals surface area contributed by atoms with Gasteiger partial charge in [0.15, 0.2) is 17.0 Å². The summed E-state index contributed by atoms with van der Waals surface area (Å²) in [6.07, 6.45) is 1.56. The fraction of sp³-hybridized carbons (Fsp3) is 0.296. The van der Waals surface area contributed by atoms with Gasteiger partial charge in [-0.2, -0.15) is 4.99 Å². The third-order valence-electron chi connectivity index (χ3n) is 5.78. The summed E-state index contributed by atoms with van der Waals surface area (Å²) in [5.41, 5.74) is 1.15. The van der Waals surface area contributed by atoms with Crippen LogP contribution in [0.5, 0.6) is 11.5 Å². The highest BCUT2D eigenvalue weighted by molar-refractivity contribution is 5.94. The minimum Gasteiger partial charge on any atom is -0.493 e. The van der Waals surface area contributed by atoms with Crippen LogP contribution in [0.15, 0.2) is 58.4 Å². The third kappa shape index (κ3) is 4.95. The van der Waals surface area contributed by atoms with Gasteiger partial charge in [0.25, 0.3) is 11.5 Å². The summed E-state index contributed by atoms with van der Waals surface area (Å²) in [6, 6.07) is 11.5. The third-order valence-corrected chi connectivity index (χ3v) is 5.78. The number of aromatic nitrogens is 3. The minimum atomic E-state index is -0.686. The van der Waals surface area contributed by atoms with Gasteiger partial charge in [0.1, 0.15) is 16.9 Å². The molecule has 1 aromatic carbocycles. The van der Waals surface area contributed by atoms with Crippen LogP contribution < -0.4 is 20.5 Å². The number of nitrogens with zero attached hydrogens (tertiary/aromatic N) is 4. The summed E-state index contributed by atoms with van der Waals surface area (Å²) in [5.74, 6) is -0.158. The zero-order chi connectivity index (χ0) is 26.7. The maximum Gasteiger partial charge on any atom is 0.341 e. The first-order valence-corrected chi connectivity index (χ1v) is 11.8. The van der Waals surface area contributed by atoms with Gasteiger partial charge in [0.05, 0.1) is 32.6 Å². The lowest BCUT2D eigenvalue weighted by atomic mass is 10.1. The Morgan fingerprint density at radius 3 is 2.49 bits per heavy atom. The highest BCUT2D eigenvalue weighted by Gasteiger charge is 2.21. The number of amides is 1. The number of rotatable bonds is 7. The van der Waals surface area contributed by atoms with Crippen LogP contribution in [0.1, 0.15) is 42.7 Å². The van der Waals surface area contributed by atoms with Crippen LogP contribution in [-0.4, -0.2) is 46.7 Å². The van der Waals surface area contributed by atoms with Crippen LogP contribution in [0, 0.1) is 0 Å². The van der Waals surface area contributed by atoms with Crippen LogP contribution in [0.4, 0.5) is 0 Å². The van der Waals surface area contributed by atoms with Crippen LogP contribution in [0.3, 0.4) is 0 Å². The van der Waals surface area contributed by atoms with Crippen LogP contribution >= 0.6 is 0 Å². The number of hydrogen-bond acceptors (Lipinski definition) is 7. The van der Waals surface area contributed by atoms with Crippen molar-refractivity contribution in [1.82, 2.24) is 14.0 Å². The topological polar surface area (TPSA) is 113 Å². The Hall–Kier alpha value is -4.47. The van der Waals surface area contributed by atoms with E-state index in [1.54, 1.807) is 54.1 Å². The molecular weight excluding hydrogens is 476 g/mol. The first kappa shape index (κ1) is 25.6. The van der Waals surface area contributed by atoms with Gasteiger partial charge in [0.2, 0.25) is 0 Å². The molecule has 0 fully saturated rings. The van der Waals surface area contributed by atoms with Gasteiger partial charge < -0.3 is 18.8 Å². The molecule has 0 aliphatic carbocycles. The number of hydrogen-bond donors (Lipinski definition) is 0. The Labute approximate surface area is 212 Å². The van der Waals surface area contributed by atoms with Crippen molar-refractivity contribution in [3.63, 3.8) is 0 Å². The summed E-state index contributed by atoms with van der Waals surface area (Å²) in [7, 11) is 3.04. The van der Waals surface area contributed by atoms with Crippen molar-refractivity contribution in [2.75, 3.05) is 20.8 Å². The van der Waals surface area contributed by atoms with Crippen molar-refractivity contribution >= 4 is 28.6 Å². The summed E-state index contributed by atoms with van der Waals surface area (Å²) in [4.78, 5) is 48.5. The maximum absolute atomic E-state index is 13.3. The molecule has 0 aliphatic heterocycles. The lowest BCUT2D eigenvalue weighted by Gasteiger charge is -2.17. The molecule has 0 radical (unpaired) electrons. The van der Waals surface area contributed by atoms with E-state index in [-0.39, 0.29) is 41.1 Å². The molecule has 0 N–H and O–H groups in total. The second kappa shape index (κ2) is 10.7. The second-order valence-corrected chi connectivity index (χ2v) is 8.52. The molecule has 0 atom stereocenters. The molecule has 1 amide bonds. The number of benzene rings is 1.